The lowest BCUT2D eigenvalue weighted by Crippen LogP contribution is -2.21. The van der Waals surface area contributed by atoms with Crippen LogP contribution in [0.2, 0.25) is 0 Å². The molecule has 100 valence electrons. The summed E-state index contributed by atoms with van der Waals surface area (Å²) < 4.78 is 0. The minimum absolute atomic E-state index is 0.312. The zero-order valence-corrected chi connectivity index (χ0v) is 11.1. The Bertz CT molecular complexity index is 370. The molecule has 1 unspecified atom stereocenters. The Labute approximate surface area is 109 Å². The molecule has 1 atom stereocenters. The van der Waals surface area contributed by atoms with Crippen molar-refractivity contribution in [1.82, 2.24) is 9.88 Å². The lowest BCUT2D eigenvalue weighted by molar-refractivity contribution is 0.249. The average molecular weight is 249 g/mol. The fourth-order valence-corrected chi connectivity index (χ4v) is 2.55. The molecule has 1 fully saturated rings. The number of aromatic nitrogens is 1. The second-order valence-electron chi connectivity index (χ2n) is 4.95. The Balaban J connectivity index is 1.88. The number of anilines is 1. The van der Waals surface area contributed by atoms with Crippen molar-refractivity contribution in [3.8, 4) is 0 Å². The summed E-state index contributed by atoms with van der Waals surface area (Å²) in [6, 6.07) is 6.15. The molecule has 4 nitrogen and oxygen atoms in total. The summed E-state index contributed by atoms with van der Waals surface area (Å²) in [5.74, 6) is 1.62. The van der Waals surface area contributed by atoms with Crippen molar-refractivity contribution in [3.63, 3.8) is 0 Å². The van der Waals surface area contributed by atoms with E-state index in [0.717, 1.165) is 44.1 Å². The summed E-state index contributed by atoms with van der Waals surface area (Å²) >= 11 is 0. The number of rotatable bonds is 6. The molecule has 1 aliphatic rings. The quantitative estimate of drug-likeness (QED) is 0.806. The largest absolute Gasteiger partial charge is 0.396 e. The van der Waals surface area contributed by atoms with Gasteiger partial charge in [-0.3, -0.25) is 4.90 Å². The molecule has 2 rings (SSSR count). The summed E-state index contributed by atoms with van der Waals surface area (Å²) in [6.07, 6.45) is 2.13. The van der Waals surface area contributed by atoms with E-state index in [9.17, 15) is 0 Å². The van der Waals surface area contributed by atoms with Gasteiger partial charge in [0.1, 0.15) is 5.82 Å². The van der Waals surface area contributed by atoms with Crippen LogP contribution in [-0.4, -0.2) is 41.2 Å². The monoisotopic (exact) mass is 249 g/mol. The van der Waals surface area contributed by atoms with E-state index in [2.05, 4.69) is 34.3 Å². The lowest BCUT2D eigenvalue weighted by atomic mass is 10.1. The average Bonchev–Trinajstić information content (AvgIpc) is 2.78. The number of aliphatic hydroxyl groups is 1. The first-order chi connectivity index (χ1) is 8.81. The van der Waals surface area contributed by atoms with Crippen molar-refractivity contribution in [2.45, 2.75) is 26.3 Å². The zero-order chi connectivity index (χ0) is 12.8. The highest BCUT2D eigenvalue weighted by atomic mass is 16.3. The van der Waals surface area contributed by atoms with Crippen LogP contribution >= 0.6 is 0 Å². The number of nitrogens with one attached hydrogen (secondary N) is 1. The molecule has 1 saturated heterocycles. The SMILES string of the molecule is CCNc1cccc(CN2CCC(CCO)C2)n1. The zero-order valence-electron chi connectivity index (χ0n) is 11.1. The first-order valence-electron chi connectivity index (χ1n) is 6.85. The maximum atomic E-state index is 8.96. The van der Waals surface area contributed by atoms with Gasteiger partial charge in [0.25, 0.3) is 0 Å². The number of likely N-dealkylation sites (tertiary alicyclic amines) is 1. The standard InChI is InChI=1S/C14H23N3O/c1-2-15-14-5-3-4-13(16-14)11-17-8-6-12(10-17)7-9-18/h3-5,12,18H,2,6-11H2,1H3,(H,15,16). The van der Waals surface area contributed by atoms with Crippen LogP contribution in [0.5, 0.6) is 0 Å². The van der Waals surface area contributed by atoms with E-state index in [0.29, 0.717) is 12.5 Å². The van der Waals surface area contributed by atoms with Gasteiger partial charge in [-0.25, -0.2) is 4.98 Å². The second kappa shape index (κ2) is 6.71. The van der Waals surface area contributed by atoms with Crippen LogP contribution in [0.15, 0.2) is 18.2 Å². The molecular weight excluding hydrogens is 226 g/mol. The van der Waals surface area contributed by atoms with Gasteiger partial charge in [-0.15, -0.1) is 0 Å². The fourth-order valence-electron chi connectivity index (χ4n) is 2.55. The van der Waals surface area contributed by atoms with Gasteiger partial charge in [0.2, 0.25) is 0 Å². The normalized spacial score (nSPS) is 20.2. The minimum atomic E-state index is 0.312. The van der Waals surface area contributed by atoms with E-state index in [4.69, 9.17) is 5.11 Å². The summed E-state index contributed by atoms with van der Waals surface area (Å²) in [4.78, 5) is 7.02. The molecule has 0 spiro atoms. The number of aliphatic hydroxyl groups excluding tert-OH is 1. The van der Waals surface area contributed by atoms with E-state index >= 15 is 0 Å². The van der Waals surface area contributed by atoms with Crippen molar-refractivity contribution >= 4 is 5.82 Å². The molecule has 2 heterocycles. The van der Waals surface area contributed by atoms with Gasteiger partial charge in [-0.2, -0.15) is 0 Å². The third kappa shape index (κ3) is 3.68. The Morgan fingerprint density at radius 2 is 2.39 bits per heavy atom. The van der Waals surface area contributed by atoms with Crippen LogP contribution < -0.4 is 5.32 Å². The van der Waals surface area contributed by atoms with Crippen molar-refractivity contribution < 1.29 is 5.11 Å². The number of nitrogens with zero attached hydrogens (tertiary/aromatic N) is 2. The van der Waals surface area contributed by atoms with Crippen LogP contribution in [0.25, 0.3) is 0 Å². The Hall–Kier alpha value is -1.13. The predicted molar refractivity (Wildman–Crippen MR) is 73.5 cm³/mol. The molecule has 1 aromatic heterocycles. The van der Waals surface area contributed by atoms with Gasteiger partial charge in [0.05, 0.1) is 5.69 Å². The number of pyridine rings is 1. The summed E-state index contributed by atoms with van der Waals surface area (Å²) in [7, 11) is 0. The summed E-state index contributed by atoms with van der Waals surface area (Å²) in [5, 5.41) is 12.2. The van der Waals surface area contributed by atoms with Gasteiger partial charge in [0, 0.05) is 26.2 Å². The highest BCUT2D eigenvalue weighted by Crippen LogP contribution is 2.20. The number of hydrogen-bond donors (Lipinski definition) is 2. The topological polar surface area (TPSA) is 48.4 Å². The van der Waals surface area contributed by atoms with Gasteiger partial charge >= 0.3 is 0 Å². The predicted octanol–water partition coefficient (Wildman–Crippen LogP) is 1.72. The Kier molecular flexibility index (Phi) is 4.96. The van der Waals surface area contributed by atoms with E-state index in [1.165, 1.54) is 6.42 Å². The molecule has 1 aliphatic heterocycles. The molecule has 0 aromatic carbocycles. The van der Waals surface area contributed by atoms with E-state index in [1.807, 2.05) is 6.07 Å². The molecule has 0 bridgehead atoms. The fraction of sp³-hybridized carbons (Fsp3) is 0.643. The first-order valence-corrected chi connectivity index (χ1v) is 6.85. The first kappa shape index (κ1) is 13.3. The molecular formula is C14H23N3O. The maximum Gasteiger partial charge on any atom is 0.126 e. The molecule has 0 saturated carbocycles. The minimum Gasteiger partial charge on any atom is -0.396 e. The van der Waals surface area contributed by atoms with Crippen LogP contribution in [0.3, 0.4) is 0 Å². The van der Waals surface area contributed by atoms with Gasteiger partial charge < -0.3 is 10.4 Å². The smallest absolute Gasteiger partial charge is 0.126 e. The van der Waals surface area contributed by atoms with Crippen molar-refractivity contribution in [2.24, 2.45) is 5.92 Å². The van der Waals surface area contributed by atoms with Crippen molar-refractivity contribution in [1.29, 1.82) is 0 Å². The highest BCUT2D eigenvalue weighted by Gasteiger charge is 2.22. The maximum absolute atomic E-state index is 8.96. The van der Waals surface area contributed by atoms with Crippen LogP contribution in [0.4, 0.5) is 5.82 Å². The second-order valence-corrected chi connectivity index (χ2v) is 4.95. The summed E-state index contributed by atoms with van der Waals surface area (Å²) in [5.41, 5.74) is 1.12. The Morgan fingerprint density at radius 1 is 1.50 bits per heavy atom. The molecule has 0 aliphatic carbocycles. The van der Waals surface area contributed by atoms with Crippen molar-refractivity contribution in [2.75, 3.05) is 31.6 Å². The third-order valence-electron chi connectivity index (χ3n) is 3.46. The highest BCUT2D eigenvalue weighted by molar-refractivity contribution is 5.34. The van der Waals surface area contributed by atoms with E-state index < -0.39 is 0 Å². The van der Waals surface area contributed by atoms with Crippen LogP contribution in [0, 0.1) is 5.92 Å². The molecule has 2 N–H and O–H groups in total. The molecule has 4 heteroatoms. The Morgan fingerprint density at radius 3 is 3.17 bits per heavy atom. The number of hydrogen-bond acceptors (Lipinski definition) is 4. The van der Waals surface area contributed by atoms with Crippen LogP contribution in [0.1, 0.15) is 25.5 Å². The van der Waals surface area contributed by atoms with E-state index in [1.54, 1.807) is 0 Å². The van der Waals surface area contributed by atoms with Gasteiger partial charge in [0.15, 0.2) is 0 Å². The van der Waals surface area contributed by atoms with Gasteiger partial charge in [-0.1, -0.05) is 6.07 Å². The third-order valence-corrected chi connectivity index (χ3v) is 3.46. The molecule has 1 aromatic rings. The summed E-state index contributed by atoms with van der Waals surface area (Å²) in [6.45, 7) is 6.42. The van der Waals surface area contributed by atoms with Crippen LogP contribution in [-0.2, 0) is 6.54 Å². The van der Waals surface area contributed by atoms with Crippen molar-refractivity contribution in [3.05, 3.63) is 23.9 Å². The lowest BCUT2D eigenvalue weighted by Gasteiger charge is -2.15. The molecule has 0 amide bonds. The molecule has 18 heavy (non-hydrogen) atoms. The van der Waals surface area contributed by atoms with Gasteiger partial charge in [-0.05, 0) is 44.4 Å². The van der Waals surface area contributed by atoms with E-state index in [-0.39, 0.29) is 0 Å². The molecule has 0 radical (unpaired) electrons.